The van der Waals surface area contributed by atoms with Crippen molar-refractivity contribution in [2.45, 2.75) is 26.3 Å². The van der Waals surface area contributed by atoms with E-state index in [0.29, 0.717) is 5.92 Å². The number of nitrogens with zero attached hydrogens (tertiary/aromatic N) is 2. The second kappa shape index (κ2) is 4.53. The number of hydrogen-bond donors (Lipinski definition) is 0. The molecule has 1 aromatic carbocycles. The Balaban J connectivity index is 2.53. The topological polar surface area (TPSA) is 8.17 Å². The molecule has 0 aliphatic heterocycles. The van der Waals surface area contributed by atoms with Crippen LogP contribution in [0.15, 0.2) is 24.4 Å². The smallest absolute Gasteiger partial charge is 0.0483 e. The summed E-state index contributed by atoms with van der Waals surface area (Å²) in [6.45, 7) is 5.48. The van der Waals surface area contributed by atoms with Crippen molar-refractivity contribution in [2.24, 2.45) is 7.05 Å². The summed E-state index contributed by atoms with van der Waals surface area (Å²) in [7, 11) is 6.36. The normalized spacial score (nSPS) is 11.9. The lowest BCUT2D eigenvalue weighted by Gasteiger charge is -2.09. The fourth-order valence-electron chi connectivity index (χ4n) is 2.31. The van der Waals surface area contributed by atoms with Crippen LogP contribution < -0.4 is 0 Å². The van der Waals surface area contributed by atoms with Gasteiger partial charge in [-0.15, -0.1) is 0 Å². The van der Waals surface area contributed by atoms with Gasteiger partial charge in [0.15, 0.2) is 0 Å². The van der Waals surface area contributed by atoms with Crippen LogP contribution in [0.5, 0.6) is 0 Å². The number of rotatable bonds is 3. The monoisotopic (exact) mass is 230 g/mol. The Morgan fingerprint density at radius 1 is 1.24 bits per heavy atom. The second-order valence-electron chi connectivity index (χ2n) is 5.43. The van der Waals surface area contributed by atoms with E-state index < -0.39 is 0 Å². The summed E-state index contributed by atoms with van der Waals surface area (Å²) in [4.78, 5) is 2.21. The number of aryl methyl sites for hydroxylation is 1. The number of aromatic nitrogens is 1. The Morgan fingerprint density at radius 3 is 2.53 bits per heavy atom. The summed E-state index contributed by atoms with van der Waals surface area (Å²) < 4.78 is 2.24. The molecule has 0 radical (unpaired) electrons. The maximum absolute atomic E-state index is 2.32. The standard InChI is InChI=1S/C15H22N2/c1-11(2)12-6-7-14-13(9-16(3)4)10-17(5)15(14)8-12/h6-8,10-11H,9H2,1-5H3. The third-order valence-corrected chi connectivity index (χ3v) is 3.25. The highest BCUT2D eigenvalue weighted by Crippen LogP contribution is 2.25. The number of hydrogen-bond acceptors (Lipinski definition) is 1. The molecule has 2 aromatic rings. The van der Waals surface area contributed by atoms with Crippen LogP contribution in [0, 0.1) is 0 Å². The van der Waals surface area contributed by atoms with Gasteiger partial charge in [0.1, 0.15) is 0 Å². The molecule has 0 fully saturated rings. The Labute approximate surface area is 104 Å². The fourth-order valence-corrected chi connectivity index (χ4v) is 2.31. The van der Waals surface area contributed by atoms with Crippen LogP contribution in [0.3, 0.4) is 0 Å². The predicted molar refractivity (Wildman–Crippen MR) is 74.4 cm³/mol. The van der Waals surface area contributed by atoms with Gasteiger partial charge in [0.25, 0.3) is 0 Å². The van der Waals surface area contributed by atoms with Gasteiger partial charge in [-0.1, -0.05) is 26.0 Å². The van der Waals surface area contributed by atoms with Crippen molar-refractivity contribution < 1.29 is 0 Å². The summed E-state index contributed by atoms with van der Waals surface area (Å²) >= 11 is 0. The minimum atomic E-state index is 0.589. The first-order chi connectivity index (χ1) is 7.99. The molecule has 2 heteroatoms. The average molecular weight is 230 g/mol. The van der Waals surface area contributed by atoms with Gasteiger partial charge in [0, 0.05) is 30.7 Å². The SMILES string of the molecule is CC(C)c1ccc2c(CN(C)C)cn(C)c2c1. The fraction of sp³-hybridized carbons (Fsp3) is 0.467. The lowest BCUT2D eigenvalue weighted by Crippen LogP contribution is -2.10. The van der Waals surface area contributed by atoms with Crippen LogP contribution in [-0.4, -0.2) is 23.6 Å². The molecule has 0 bridgehead atoms. The van der Waals surface area contributed by atoms with E-state index in [1.807, 2.05) is 0 Å². The second-order valence-corrected chi connectivity index (χ2v) is 5.43. The largest absolute Gasteiger partial charge is 0.350 e. The lowest BCUT2D eigenvalue weighted by atomic mass is 10.0. The van der Waals surface area contributed by atoms with Crippen LogP contribution >= 0.6 is 0 Å². The molecule has 0 saturated heterocycles. The molecule has 0 saturated carbocycles. The molecule has 0 amide bonds. The van der Waals surface area contributed by atoms with Crippen molar-refractivity contribution in [3.8, 4) is 0 Å². The molecule has 1 aromatic heterocycles. The summed E-state index contributed by atoms with van der Waals surface area (Å²) in [5, 5.41) is 1.38. The molecule has 92 valence electrons. The first kappa shape index (κ1) is 12.2. The van der Waals surface area contributed by atoms with Crippen molar-refractivity contribution in [1.82, 2.24) is 9.47 Å². The summed E-state index contributed by atoms with van der Waals surface area (Å²) in [6, 6.07) is 6.84. The van der Waals surface area contributed by atoms with Gasteiger partial charge in [0.2, 0.25) is 0 Å². The predicted octanol–water partition coefficient (Wildman–Crippen LogP) is 3.36. The maximum Gasteiger partial charge on any atom is 0.0483 e. The van der Waals surface area contributed by atoms with E-state index in [2.05, 4.69) is 68.9 Å². The zero-order valence-electron chi connectivity index (χ0n) is 11.5. The first-order valence-electron chi connectivity index (χ1n) is 6.21. The molecule has 0 spiro atoms. The van der Waals surface area contributed by atoms with Gasteiger partial charge in [-0.05, 0) is 37.2 Å². The molecule has 0 unspecified atom stereocenters. The molecular weight excluding hydrogens is 208 g/mol. The van der Waals surface area contributed by atoms with Gasteiger partial charge in [-0.2, -0.15) is 0 Å². The number of benzene rings is 1. The van der Waals surface area contributed by atoms with Crippen LogP contribution in [0.2, 0.25) is 0 Å². The Kier molecular flexibility index (Phi) is 3.25. The van der Waals surface area contributed by atoms with E-state index in [1.54, 1.807) is 0 Å². The van der Waals surface area contributed by atoms with Crippen LogP contribution in [0.25, 0.3) is 10.9 Å². The van der Waals surface area contributed by atoms with E-state index in [9.17, 15) is 0 Å². The Morgan fingerprint density at radius 2 is 1.94 bits per heavy atom. The molecule has 2 rings (SSSR count). The molecule has 1 heterocycles. The minimum absolute atomic E-state index is 0.589. The van der Waals surface area contributed by atoms with Gasteiger partial charge in [-0.3, -0.25) is 0 Å². The highest BCUT2D eigenvalue weighted by molar-refractivity contribution is 5.84. The van der Waals surface area contributed by atoms with Gasteiger partial charge >= 0.3 is 0 Å². The van der Waals surface area contributed by atoms with Crippen LogP contribution in [-0.2, 0) is 13.6 Å². The molecule has 0 atom stereocenters. The van der Waals surface area contributed by atoms with E-state index in [0.717, 1.165) is 6.54 Å². The van der Waals surface area contributed by atoms with E-state index in [4.69, 9.17) is 0 Å². The van der Waals surface area contributed by atoms with E-state index in [1.165, 1.54) is 22.0 Å². The van der Waals surface area contributed by atoms with Crippen molar-refractivity contribution in [3.05, 3.63) is 35.5 Å². The summed E-state index contributed by atoms with van der Waals surface area (Å²) in [6.07, 6.45) is 2.24. The average Bonchev–Trinajstić information content (AvgIpc) is 2.54. The molecule has 0 aliphatic carbocycles. The van der Waals surface area contributed by atoms with Crippen LogP contribution in [0.1, 0.15) is 30.9 Å². The minimum Gasteiger partial charge on any atom is -0.350 e. The quantitative estimate of drug-likeness (QED) is 0.785. The van der Waals surface area contributed by atoms with Gasteiger partial charge in [0.05, 0.1) is 0 Å². The lowest BCUT2D eigenvalue weighted by molar-refractivity contribution is 0.404. The highest BCUT2D eigenvalue weighted by Gasteiger charge is 2.09. The molecule has 17 heavy (non-hydrogen) atoms. The summed E-state index contributed by atoms with van der Waals surface area (Å²) in [5.74, 6) is 0.589. The summed E-state index contributed by atoms with van der Waals surface area (Å²) in [5.41, 5.74) is 4.16. The third-order valence-electron chi connectivity index (χ3n) is 3.25. The third kappa shape index (κ3) is 2.37. The van der Waals surface area contributed by atoms with Crippen molar-refractivity contribution in [1.29, 1.82) is 0 Å². The van der Waals surface area contributed by atoms with Crippen LogP contribution in [0.4, 0.5) is 0 Å². The Bertz CT molecular complexity index is 521. The molecular formula is C15H22N2. The van der Waals surface area contributed by atoms with E-state index in [-0.39, 0.29) is 0 Å². The van der Waals surface area contributed by atoms with Crippen molar-refractivity contribution in [2.75, 3.05) is 14.1 Å². The van der Waals surface area contributed by atoms with Crippen molar-refractivity contribution in [3.63, 3.8) is 0 Å². The van der Waals surface area contributed by atoms with Crippen molar-refractivity contribution >= 4 is 10.9 Å². The zero-order valence-corrected chi connectivity index (χ0v) is 11.5. The van der Waals surface area contributed by atoms with Gasteiger partial charge in [-0.25, -0.2) is 0 Å². The number of fused-ring (bicyclic) bond motifs is 1. The molecule has 0 N–H and O–H groups in total. The van der Waals surface area contributed by atoms with E-state index >= 15 is 0 Å². The molecule has 2 nitrogen and oxygen atoms in total. The zero-order chi connectivity index (χ0) is 12.6. The highest BCUT2D eigenvalue weighted by atomic mass is 15.1. The maximum atomic E-state index is 2.32. The molecule has 0 aliphatic rings. The van der Waals surface area contributed by atoms with Gasteiger partial charge < -0.3 is 9.47 Å². The Hall–Kier alpha value is -1.28. The first-order valence-corrected chi connectivity index (χ1v) is 6.21.